The van der Waals surface area contributed by atoms with E-state index in [1.807, 2.05) is 0 Å². The van der Waals surface area contributed by atoms with Crippen LogP contribution in [-0.2, 0) is 0 Å². The Hall–Kier alpha value is -4.75. The van der Waals surface area contributed by atoms with Gasteiger partial charge in [0.1, 0.15) is 29.6 Å². The highest BCUT2D eigenvalue weighted by atomic mass is 19.1. The number of anilines is 1. The van der Waals surface area contributed by atoms with E-state index >= 15 is 0 Å². The molecular weight excluding hydrogens is 423 g/mol. The van der Waals surface area contributed by atoms with Gasteiger partial charge in [0.2, 0.25) is 0 Å². The molecule has 2 aromatic carbocycles. The van der Waals surface area contributed by atoms with Gasteiger partial charge in [0, 0.05) is 17.3 Å². The number of hydrogen-bond acceptors (Lipinski definition) is 8. The van der Waals surface area contributed by atoms with Crippen LogP contribution in [0.3, 0.4) is 0 Å². The molecule has 3 heterocycles. The van der Waals surface area contributed by atoms with E-state index in [9.17, 15) is 14.8 Å². The van der Waals surface area contributed by atoms with Gasteiger partial charge >= 0.3 is 0 Å². The van der Waals surface area contributed by atoms with Gasteiger partial charge in [0.05, 0.1) is 17.3 Å². The number of nitrogens with zero attached hydrogens (tertiary/aromatic N) is 7. The third-order valence-corrected chi connectivity index (χ3v) is 5.06. The molecule has 160 valence electrons. The average molecular weight is 438 g/mol. The van der Waals surface area contributed by atoms with Gasteiger partial charge in [-0.1, -0.05) is 30.3 Å². The van der Waals surface area contributed by atoms with Crippen molar-refractivity contribution in [3.63, 3.8) is 0 Å². The fraction of sp³-hybridized carbons (Fsp3) is 0.0435. The van der Waals surface area contributed by atoms with Crippen LogP contribution in [0.25, 0.3) is 28.3 Å². The number of nitrogens with two attached hydrogens (primary N) is 1. The molecule has 0 aliphatic carbocycles. The Bertz CT molecular complexity index is 1530. The van der Waals surface area contributed by atoms with Crippen LogP contribution in [-0.4, -0.2) is 34.7 Å². The number of fused-ring (bicyclic) bond motifs is 1. The number of halogens is 1. The fourth-order valence-corrected chi connectivity index (χ4v) is 3.52. The van der Waals surface area contributed by atoms with Crippen LogP contribution in [0.4, 0.5) is 10.2 Å². The standard InChI is InChI=1S/C23H15FN8O/c24-16-7-2-1-6-15(16)20(33)22-30-23-21(26)29-18(14-5-3-4-13(10-14)11-25)19(32(23)31-22)17-8-9-27-12-28-17/h1-10,12,20,33H,(H2,26,29). The first-order valence-electron chi connectivity index (χ1n) is 9.82. The summed E-state index contributed by atoms with van der Waals surface area (Å²) in [4.78, 5) is 17.1. The molecule has 10 heteroatoms. The van der Waals surface area contributed by atoms with E-state index in [0.717, 1.165) is 0 Å². The number of aromatic nitrogens is 6. The number of rotatable bonds is 4. The van der Waals surface area contributed by atoms with Crippen molar-refractivity contribution in [1.29, 1.82) is 5.26 Å². The molecule has 0 saturated carbocycles. The van der Waals surface area contributed by atoms with Crippen LogP contribution >= 0.6 is 0 Å². The summed E-state index contributed by atoms with van der Waals surface area (Å²) in [6.45, 7) is 0. The summed E-state index contributed by atoms with van der Waals surface area (Å²) in [7, 11) is 0. The quantitative estimate of drug-likeness (QED) is 0.437. The number of nitriles is 1. The molecule has 0 spiro atoms. The van der Waals surface area contributed by atoms with Crippen molar-refractivity contribution in [2.24, 2.45) is 0 Å². The topological polar surface area (TPSA) is 139 Å². The Morgan fingerprint density at radius 2 is 1.94 bits per heavy atom. The number of aliphatic hydroxyl groups excluding tert-OH is 1. The Kier molecular flexibility index (Phi) is 4.93. The third kappa shape index (κ3) is 3.52. The lowest BCUT2D eigenvalue weighted by Gasteiger charge is -2.11. The largest absolute Gasteiger partial charge is 0.381 e. The van der Waals surface area contributed by atoms with Gasteiger partial charge in [-0.2, -0.15) is 5.26 Å². The van der Waals surface area contributed by atoms with Gasteiger partial charge in [-0.05, 0) is 24.3 Å². The van der Waals surface area contributed by atoms with E-state index in [1.165, 1.54) is 29.0 Å². The van der Waals surface area contributed by atoms with E-state index in [0.29, 0.717) is 28.2 Å². The van der Waals surface area contributed by atoms with E-state index in [4.69, 9.17) is 5.73 Å². The molecule has 5 rings (SSSR count). The predicted molar refractivity (Wildman–Crippen MR) is 117 cm³/mol. The van der Waals surface area contributed by atoms with Gasteiger partial charge in [0.15, 0.2) is 17.3 Å². The third-order valence-electron chi connectivity index (χ3n) is 5.06. The van der Waals surface area contributed by atoms with E-state index < -0.39 is 11.9 Å². The first-order chi connectivity index (χ1) is 16.1. The molecule has 0 radical (unpaired) electrons. The molecule has 0 aliphatic heterocycles. The summed E-state index contributed by atoms with van der Waals surface area (Å²) in [6.07, 6.45) is 1.51. The molecule has 33 heavy (non-hydrogen) atoms. The Morgan fingerprint density at radius 3 is 2.70 bits per heavy atom. The second-order valence-corrected chi connectivity index (χ2v) is 7.11. The van der Waals surface area contributed by atoms with E-state index in [2.05, 4.69) is 31.1 Å². The Balaban J connectivity index is 1.79. The van der Waals surface area contributed by atoms with Crippen molar-refractivity contribution in [2.75, 3.05) is 5.73 Å². The molecule has 0 saturated heterocycles. The van der Waals surface area contributed by atoms with Crippen LogP contribution in [0.2, 0.25) is 0 Å². The highest BCUT2D eigenvalue weighted by molar-refractivity contribution is 5.81. The van der Waals surface area contributed by atoms with E-state index in [1.54, 1.807) is 42.6 Å². The van der Waals surface area contributed by atoms with Crippen molar-refractivity contribution in [3.8, 4) is 28.7 Å². The summed E-state index contributed by atoms with van der Waals surface area (Å²) in [5.74, 6) is -0.587. The van der Waals surface area contributed by atoms with Gasteiger partial charge in [-0.15, -0.1) is 5.10 Å². The second kappa shape index (κ2) is 8.07. The smallest absolute Gasteiger partial charge is 0.199 e. The number of benzene rings is 2. The maximum Gasteiger partial charge on any atom is 0.199 e. The lowest BCUT2D eigenvalue weighted by molar-refractivity contribution is 0.205. The second-order valence-electron chi connectivity index (χ2n) is 7.11. The van der Waals surface area contributed by atoms with Gasteiger partial charge in [-0.3, -0.25) is 0 Å². The maximum absolute atomic E-state index is 14.3. The van der Waals surface area contributed by atoms with Gasteiger partial charge in [-0.25, -0.2) is 28.8 Å². The molecule has 3 aromatic heterocycles. The van der Waals surface area contributed by atoms with Gasteiger partial charge in [0.25, 0.3) is 0 Å². The molecule has 9 nitrogen and oxygen atoms in total. The monoisotopic (exact) mass is 438 g/mol. The van der Waals surface area contributed by atoms with Crippen molar-refractivity contribution in [2.45, 2.75) is 6.10 Å². The SMILES string of the molecule is N#Cc1cccc(-c2nc(N)c3nc(C(O)c4ccccc4F)nn3c2-c2ccncn2)c1. The normalized spacial score (nSPS) is 11.9. The fourth-order valence-electron chi connectivity index (χ4n) is 3.52. The zero-order valence-corrected chi connectivity index (χ0v) is 17.0. The predicted octanol–water partition coefficient (Wildman–Crippen LogP) is 2.92. The number of hydrogen-bond donors (Lipinski definition) is 2. The number of nitrogen functional groups attached to an aromatic ring is 1. The Morgan fingerprint density at radius 1 is 1.09 bits per heavy atom. The summed E-state index contributed by atoms with van der Waals surface area (Å²) >= 11 is 0. The summed E-state index contributed by atoms with van der Waals surface area (Å²) in [6, 6.07) is 16.5. The lowest BCUT2D eigenvalue weighted by atomic mass is 10.0. The molecule has 3 N–H and O–H groups in total. The first kappa shape index (κ1) is 20.2. The summed E-state index contributed by atoms with van der Waals surface area (Å²) in [5.41, 5.74) is 8.77. The highest BCUT2D eigenvalue weighted by Gasteiger charge is 2.25. The molecule has 0 bridgehead atoms. The van der Waals surface area contributed by atoms with Crippen LogP contribution < -0.4 is 5.73 Å². The first-order valence-corrected chi connectivity index (χ1v) is 9.82. The molecule has 0 amide bonds. The van der Waals surface area contributed by atoms with Crippen molar-refractivity contribution in [3.05, 3.63) is 89.9 Å². The molecule has 0 fully saturated rings. The minimum Gasteiger partial charge on any atom is -0.381 e. The molecule has 5 aromatic rings. The maximum atomic E-state index is 14.3. The zero-order chi connectivity index (χ0) is 22.9. The number of aliphatic hydroxyl groups is 1. The van der Waals surface area contributed by atoms with Crippen molar-refractivity contribution < 1.29 is 9.50 Å². The minimum atomic E-state index is -1.42. The molecule has 0 aliphatic rings. The molecule has 1 atom stereocenters. The van der Waals surface area contributed by atoms with Crippen LogP contribution in [0.1, 0.15) is 23.1 Å². The lowest BCUT2D eigenvalue weighted by Crippen LogP contribution is -2.07. The van der Waals surface area contributed by atoms with Crippen LogP contribution in [0.15, 0.2) is 67.1 Å². The van der Waals surface area contributed by atoms with Crippen molar-refractivity contribution >= 4 is 11.5 Å². The van der Waals surface area contributed by atoms with Gasteiger partial charge < -0.3 is 10.8 Å². The van der Waals surface area contributed by atoms with Crippen LogP contribution in [0.5, 0.6) is 0 Å². The zero-order valence-electron chi connectivity index (χ0n) is 17.0. The van der Waals surface area contributed by atoms with Crippen LogP contribution in [0, 0.1) is 17.1 Å². The molecular formula is C23H15FN8O. The Labute approximate surface area is 186 Å². The summed E-state index contributed by atoms with van der Waals surface area (Å²) < 4.78 is 15.7. The molecule has 1 unspecified atom stereocenters. The summed E-state index contributed by atoms with van der Waals surface area (Å²) in [5, 5.41) is 24.5. The average Bonchev–Trinajstić information content (AvgIpc) is 3.30. The minimum absolute atomic E-state index is 0.0328. The highest BCUT2D eigenvalue weighted by Crippen LogP contribution is 2.33. The van der Waals surface area contributed by atoms with E-state index in [-0.39, 0.29) is 22.9 Å². The van der Waals surface area contributed by atoms with Crippen molar-refractivity contribution in [1.82, 2.24) is 29.5 Å².